The van der Waals surface area contributed by atoms with E-state index in [2.05, 4.69) is 13.8 Å². The molecule has 0 spiro atoms. The molecule has 0 aliphatic heterocycles. The molecule has 0 aliphatic rings. The molecule has 2 heteroatoms. The predicted octanol–water partition coefficient (Wildman–Crippen LogP) is 7.16. The molecule has 0 saturated heterocycles. The summed E-state index contributed by atoms with van der Waals surface area (Å²) in [5, 5.41) is 0. The van der Waals surface area contributed by atoms with E-state index in [1.165, 1.54) is 89.9 Å². The molecule has 0 aromatic carbocycles. The standard InChI is InChI=1S/C16H34.2CH3.O.Sn/c1-3-5-7-9-11-13-15-16-14-12-10-8-6-4-2;;;;/h3-16H2,1-2H3;2*1H3;;. The van der Waals surface area contributed by atoms with Crippen LogP contribution in [0.5, 0.6) is 0 Å². The van der Waals surface area contributed by atoms with Gasteiger partial charge in [-0.2, -0.15) is 0 Å². The average molecular weight is 391 g/mol. The number of rotatable bonds is 13. The van der Waals surface area contributed by atoms with Crippen LogP contribution in [0.15, 0.2) is 0 Å². The fourth-order valence-corrected chi connectivity index (χ4v) is 2.27. The third-order valence-corrected chi connectivity index (χ3v) is 3.46. The maximum absolute atomic E-state index is 9.72. The van der Waals surface area contributed by atoms with Gasteiger partial charge in [0.2, 0.25) is 0 Å². The number of hydrogen-bond donors (Lipinski definition) is 0. The Morgan fingerprint density at radius 2 is 0.650 bits per heavy atom. The molecule has 0 fully saturated rings. The number of hydrogen-bond acceptors (Lipinski definition) is 1. The van der Waals surface area contributed by atoms with Crippen molar-refractivity contribution in [3.63, 3.8) is 0 Å². The van der Waals surface area contributed by atoms with Crippen LogP contribution < -0.4 is 0 Å². The summed E-state index contributed by atoms with van der Waals surface area (Å²) in [4.78, 5) is 3.62. The van der Waals surface area contributed by atoms with E-state index >= 15 is 0 Å². The SMILES string of the molecule is CCCCCCCCCCCCCCCC.[CH3][Sn]([CH3])=[O]. The fourth-order valence-electron chi connectivity index (χ4n) is 2.27. The number of unbranched alkanes of at least 4 members (excludes halogenated alkanes) is 13. The summed E-state index contributed by atoms with van der Waals surface area (Å²) in [5.41, 5.74) is 0. The van der Waals surface area contributed by atoms with Crippen LogP contribution in [0.2, 0.25) is 9.88 Å². The molecule has 0 amide bonds. The van der Waals surface area contributed by atoms with Crippen LogP contribution in [0, 0.1) is 0 Å². The molecule has 0 saturated carbocycles. The summed E-state index contributed by atoms with van der Waals surface area (Å²) >= 11 is -1.79. The fraction of sp³-hybridized carbons (Fsp3) is 1.00. The Labute approximate surface area is 136 Å². The van der Waals surface area contributed by atoms with Gasteiger partial charge in [0.25, 0.3) is 0 Å². The van der Waals surface area contributed by atoms with E-state index in [1.54, 1.807) is 0 Å². The van der Waals surface area contributed by atoms with E-state index in [-0.39, 0.29) is 0 Å². The summed E-state index contributed by atoms with van der Waals surface area (Å²) in [7, 11) is 0. The van der Waals surface area contributed by atoms with Gasteiger partial charge in [0.05, 0.1) is 0 Å². The van der Waals surface area contributed by atoms with E-state index in [0.29, 0.717) is 0 Å². The summed E-state index contributed by atoms with van der Waals surface area (Å²) in [5.74, 6) is 0. The Morgan fingerprint density at radius 3 is 0.800 bits per heavy atom. The van der Waals surface area contributed by atoms with Gasteiger partial charge in [-0.1, -0.05) is 104 Å². The van der Waals surface area contributed by atoms with Crippen molar-refractivity contribution < 1.29 is 3.08 Å². The van der Waals surface area contributed by atoms with Crippen molar-refractivity contribution in [2.75, 3.05) is 0 Å². The first-order valence-corrected chi connectivity index (χ1v) is 16.0. The molecule has 0 unspecified atom stereocenters. The van der Waals surface area contributed by atoms with Crippen molar-refractivity contribution in [1.29, 1.82) is 0 Å². The van der Waals surface area contributed by atoms with Gasteiger partial charge in [-0.3, -0.25) is 0 Å². The first kappa shape index (κ1) is 22.9. The molecular weight excluding hydrogens is 351 g/mol. The molecule has 0 bridgehead atoms. The van der Waals surface area contributed by atoms with Crippen molar-refractivity contribution in [3.8, 4) is 0 Å². The van der Waals surface area contributed by atoms with Gasteiger partial charge in [0.1, 0.15) is 0 Å². The Hall–Kier alpha value is 0.599. The summed E-state index contributed by atoms with van der Waals surface area (Å²) < 4.78 is 9.72. The second-order valence-electron chi connectivity index (χ2n) is 6.15. The van der Waals surface area contributed by atoms with Crippen molar-refractivity contribution in [3.05, 3.63) is 0 Å². The van der Waals surface area contributed by atoms with E-state index in [9.17, 15) is 3.08 Å². The molecule has 1 nitrogen and oxygen atoms in total. The zero-order chi connectivity index (χ0) is 15.5. The van der Waals surface area contributed by atoms with Gasteiger partial charge in [0.15, 0.2) is 0 Å². The second kappa shape index (κ2) is 21.9. The molecular formula is C18H40OSn. The zero-order valence-electron chi connectivity index (χ0n) is 14.8. The molecule has 0 aromatic heterocycles. The Bertz CT molecular complexity index is 162. The third kappa shape index (κ3) is 31.1. The topological polar surface area (TPSA) is 17.1 Å². The predicted molar refractivity (Wildman–Crippen MR) is 94.2 cm³/mol. The average Bonchev–Trinajstić information content (AvgIpc) is 2.39. The molecule has 0 aromatic rings. The van der Waals surface area contributed by atoms with Crippen LogP contribution >= 0.6 is 0 Å². The molecule has 0 N–H and O–H groups in total. The second-order valence-corrected chi connectivity index (χ2v) is 11.3. The molecule has 122 valence electrons. The van der Waals surface area contributed by atoms with Gasteiger partial charge >= 0.3 is 32.7 Å². The quantitative estimate of drug-likeness (QED) is 0.241. The van der Waals surface area contributed by atoms with E-state index in [0.717, 1.165) is 0 Å². The minimum absolute atomic E-state index is 1.37. The van der Waals surface area contributed by atoms with Crippen LogP contribution in [0.3, 0.4) is 0 Å². The van der Waals surface area contributed by atoms with Crippen molar-refractivity contribution in [1.82, 2.24) is 0 Å². The third-order valence-electron chi connectivity index (χ3n) is 3.46. The van der Waals surface area contributed by atoms with Gasteiger partial charge in [-0.25, -0.2) is 0 Å². The van der Waals surface area contributed by atoms with Gasteiger partial charge in [-0.05, 0) is 0 Å². The van der Waals surface area contributed by atoms with E-state index < -0.39 is 19.7 Å². The molecule has 0 aliphatic carbocycles. The first-order valence-electron chi connectivity index (χ1n) is 9.12. The Balaban J connectivity index is 0. The van der Waals surface area contributed by atoms with Crippen LogP contribution in [-0.4, -0.2) is 19.7 Å². The van der Waals surface area contributed by atoms with Gasteiger partial charge < -0.3 is 0 Å². The first-order chi connectivity index (χ1) is 9.65. The molecule has 0 heterocycles. The van der Waals surface area contributed by atoms with Crippen LogP contribution in [0.25, 0.3) is 0 Å². The Morgan fingerprint density at radius 1 is 0.500 bits per heavy atom. The van der Waals surface area contributed by atoms with Crippen molar-refractivity contribution >= 4 is 19.7 Å². The maximum atomic E-state index is 9.72. The van der Waals surface area contributed by atoms with Crippen molar-refractivity contribution in [2.45, 2.75) is 114 Å². The normalized spacial score (nSPS) is 10.0. The summed E-state index contributed by atoms with van der Waals surface area (Å²) in [6.45, 7) is 4.58. The van der Waals surface area contributed by atoms with Crippen molar-refractivity contribution in [2.24, 2.45) is 0 Å². The molecule has 0 rings (SSSR count). The van der Waals surface area contributed by atoms with Crippen LogP contribution in [0.4, 0.5) is 0 Å². The Kier molecular flexibility index (Phi) is 25.0. The molecule has 0 radical (unpaired) electrons. The van der Waals surface area contributed by atoms with Gasteiger partial charge in [0, 0.05) is 0 Å². The van der Waals surface area contributed by atoms with E-state index in [1.807, 2.05) is 9.88 Å². The summed E-state index contributed by atoms with van der Waals surface area (Å²) in [6.07, 6.45) is 20.4. The zero-order valence-corrected chi connectivity index (χ0v) is 17.7. The molecule has 0 atom stereocenters. The molecule has 20 heavy (non-hydrogen) atoms. The van der Waals surface area contributed by atoms with E-state index in [4.69, 9.17) is 0 Å². The van der Waals surface area contributed by atoms with Gasteiger partial charge in [-0.15, -0.1) is 0 Å². The van der Waals surface area contributed by atoms with Crippen LogP contribution in [-0.2, 0) is 3.08 Å². The summed E-state index contributed by atoms with van der Waals surface area (Å²) in [6, 6.07) is 0. The minimum atomic E-state index is -1.79. The monoisotopic (exact) mass is 392 g/mol. The van der Waals surface area contributed by atoms with Crippen LogP contribution in [0.1, 0.15) is 104 Å².